The van der Waals surface area contributed by atoms with Crippen LogP contribution in [-0.2, 0) is 0 Å². The first-order chi connectivity index (χ1) is 8.90. The molecule has 0 radical (unpaired) electrons. The molecule has 0 spiro atoms. The van der Waals surface area contributed by atoms with Crippen molar-refractivity contribution in [3.63, 3.8) is 0 Å². The van der Waals surface area contributed by atoms with Crippen molar-refractivity contribution in [2.75, 3.05) is 0 Å². The highest BCUT2D eigenvalue weighted by Gasteiger charge is 2.19. The Hall–Kier alpha value is -1.40. The zero-order valence-electron chi connectivity index (χ0n) is 10.3. The molecule has 2 aromatic rings. The van der Waals surface area contributed by atoms with Crippen LogP contribution in [0.1, 0.15) is 36.2 Å². The summed E-state index contributed by atoms with van der Waals surface area (Å²) in [5, 5.41) is 13.5. The van der Waals surface area contributed by atoms with Crippen LogP contribution in [0.15, 0.2) is 22.7 Å². The number of halogens is 2. The van der Waals surface area contributed by atoms with Gasteiger partial charge in [-0.15, -0.1) is 5.10 Å². The first kappa shape index (κ1) is 14.0. The molecular weight excluding hydrogens is 334 g/mol. The van der Waals surface area contributed by atoms with Crippen LogP contribution in [0.5, 0.6) is 0 Å². The Balaban J connectivity index is 2.63. The fourth-order valence-corrected chi connectivity index (χ4v) is 2.37. The van der Waals surface area contributed by atoms with E-state index in [1.807, 2.05) is 19.9 Å². The van der Waals surface area contributed by atoms with Crippen molar-refractivity contribution in [2.24, 2.45) is 0 Å². The van der Waals surface area contributed by atoms with Gasteiger partial charge in [-0.1, -0.05) is 41.4 Å². The molecule has 0 fully saturated rings. The van der Waals surface area contributed by atoms with E-state index in [9.17, 15) is 4.79 Å². The Morgan fingerprint density at radius 3 is 2.68 bits per heavy atom. The van der Waals surface area contributed by atoms with Crippen LogP contribution in [0.3, 0.4) is 0 Å². The summed E-state index contributed by atoms with van der Waals surface area (Å²) in [6.45, 7) is 3.83. The van der Waals surface area contributed by atoms with Crippen LogP contribution >= 0.6 is 27.5 Å². The highest BCUT2D eigenvalue weighted by atomic mass is 79.9. The standard InChI is InChI=1S/C12H11BrClN3O2/c1-6(2)11-15-10(12(18)19)16-17(11)9-4-3-7(13)5-8(9)14/h3-6H,1-2H3,(H,18,19). The Labute approximate surface area is 123 Å². The summed E-state index contributed by atoms with van der Waals surface area (Å²) in [6.07, 6.45) is 0. The number of benzene rings is 1. The molecule has 2 rings (SSSR count). The zero-order chi connectivity index (χ0) is 14.2. The molecule has 0 saturated carbocycles. The average molecular weight is 345 g/mol. The van der Waals surface area contributed by atoms with E-state index in [1.165, 1.54) is 4.68 Å². The number of aromatic nitrogens is 3. The second kappa shape index (κ2) is 5.30. The summed E-state index contributed by atoms with van der Waals surface area (Å²) >= 11 is 9.48. The van der Waals surface area contributed by atoms with Gasteiger partial charge in [0.1, 0.15) is 5.82 Å². The molecule has 0 amide bonds. The van der Waals surface area contributed by atoms with Crippen LogP contribution in [0.2, 0.25) is 5.02 Å². The number of carboxylic acids is 1. The second-order valence-electron chi connectivity index (χ2n) is 4.26. The summed E-state index contributed by atoms with van der Waals surface area (Å²) in [5.74, 6) is -0.807. The zero-order valence-corrected chi connectivity index (χ0v) is 12.6. The predicted molar refractivity (Wildman–Crippen MR) is 75.1 cm³/mol. The number of carbonyl (C=O) groups is 1. The average Bonchev–Trinajstić information content (AvgIpc) is 2.73. The highest BCUT2D eigenvalue weighted by molar-refractivity contribution is 9.10. The lowest BCUT2D eigenvalue weighted by Gasteiger charge is -2.09. The minimum absolute atomic E-state index is 0.0281. The molecule has 19 heavy (non-hydrogen) atoms. The Bertz CT molecular complexity index is 640. The van der Waals surface area contributed by atoms with E-state index in [0.29, 0.717) is 16.5 Å². The smallest absolute Gasteiger partial charge is 0.375 e. The number of rotatable bonds is 3. The second-order valence-corrected chi connectivity index (χ2v) is 5.58. The SMILES string of the molecule is CC(C)c1nc(C(=O)O)nn1-c1ccc(Br)cc1Cl. The fraction of sp³-hybridized carbons (Fsp3) is 0.250. The first-order valence-electron chi connectivity index (χ1n) is 5.56. The molecule has 1 N–H and O–H groups in total. The topological polar surface area (TPSA) is 68.0 Å². The van der Waals surface area contributed by atoms with Gasteiger partial charge in [0.25, 0.3) is 5.82 Å². The molecule has 0 unspecified atom stereocenters. The lowest BCUT2D eigenvalue weighted by molar-refractivity contribution is 0.0683. The Kier molecular flexibility index (Phi) is 3.91. The largest absolute Gasteiger partial charge is 0.475 e. The van der Waals surface area contributed by atoms with Crippen molar-refractivity contribution in [1.82, 2.24) is 14.8 Å². The van der Waals surface area contributed by atoms with E-state index in [2.05, 4.69) is 26.0 Å². The first-order valence-corrected chi connectivity index (χ1v) is 6.73. The molecule has 0 saturated heterocycles. The molecule has 7 heteroatoms. The monoisotopic (exact) mass is 343 g/mol. The summed E-state index contributed by atoms with van der Waals surface area (Å²) in [4.78, 5) is 15.0. The molecule has 100 valence electrons. The lowest BCUT2D eigenvalue weighted by Crippen LogP contribution is -2.05. The van der Waals surface area contributed by atoms with E-state index < -0.39 is 5.97 Å². The third-order valence-corrected chi connectivity index (χ3v) is 3.27. The number of hydrogen-bond donors (Lipinski definition) is 1. The van der Waals surface area contributed by atoms with Crippen molar-refractivity contribution in [1.29, 1.82) is 0 Å². The van der Waals surface area contributed by atoms with Gasteiger partial charge in [-0.25, -0.2) is 14.5 Å². The third-order valence-electron chi connectivity index (χ3n) is 2.48. The van der Waals surface area contributed by atoms with E-state index in [-0.39, 0.29) is 11.7 Å². The summed E-state index contributed by atoms with van der Waals surface area (Å²) in [5.41, 5.74) is 0.605. The van der Waals surface area contributed by atoms with Crippen molar-refractivity contribution in [2.45, 2.75) is 19.8 Å². The molecule has 5 nitrogen and oxygen atoms in total. The minimum atomic E-state index is -1.16. The highest BCUT2D eigenvalue weighted by Crippen LogP contribution is 2.26. The molecule has 0 aliphatic rings. The van der Waals surface area contributed by atoms with E-state index >= 15 is 0 Å². The Morgan fingerprint density at radius 1 is 1.47 bits per heavy atom. The van der Waals surface area contributed by atoms with Crippen molar-refractivity contribution in [3.05, 3.63) is 39.3 Å². The number of nitrogens with zero attached hydrogens (tertiary/aromatic N) is 3. The minimum Gasteiger partial charge on any atom is -0.475 e. The van der Waals surface area contributed by atoms with Gasteiger partial charge < -0.3 is 5.11 Å². The van der Waals surface area contributed by atoms with Crippen LogP contribution in [-0.4, -0.2) is 25.8 Å². The summed E-state index contributed by atoms with van der Waals surface area (Å²) in [7, 11) is 0. The predicted octanol–water partition coefficient (Wildman–Crippen LogP) is 3.50. The quantitative estimate of drug-likeness (QED) is 0.925. The Morgan fingerprint density at radius 2 is 2.16 bits per heavy atom. The van der Waals surface area contributed by atoms with Crippen LogP contribution < -0.4 is 0 Å². The normalized spacial score (nSPS) is 11.0. The van der Waals surface area contributed by atoms with Crippen LogP contribution in [0.25, 0.3) is 5.69 Å². The van der Waals surface area contributed by atoms with E-state index in [4.69, 9.17) is 16.7 Å². The molecule has 1 aromatic heterocycles. The van der Waals surface area contributed by atoms with Crippen molar-refractivity contribution in [3.8, 4) is 5.69 Å². The molecule has 0 bridgehead atoms. The van der Waals surface area contributed by atoms with Crippen molar-refractivity contribution >= 4 is 33.5 Å². The van der Waals surface area contributed by atoms with Gasteiger partial charge in [0.2, 0.25) is 0 Å². The van der Waals surface area contributed by atoms with Gasteiger partial charge in [-0.3, -0.25) is 0 Å². The van der Waals surface area contributed by atoms with Crippen LogP contribution in [0.4, 0.5) is 0 Å². The molecule has 1 heterocycles. The summed E-state index contributed by atoms with van der Waals surface area (Å²) in [6, 6.07) is 5.30. The van der Waals surface area contributed by atoms with E-state index in [1.54, 1.807) is 12.1 Å². The molecule has 0 aliphatic heterocycles. The number of hydrogen-bond acceptors (Lipinski definition) is 3. The maximum absolute atomic E-state index is 11.0. The van der Waals surface area contributed by atoms with Gasteiger partial charge in [0, 0.05) is 10.4 Å². The van der Waals surface area contributed by atoms with Gasteiger partial charge in [-0.2, -0.15) is 0 Å². The molecule has 1 aromatic carbocycles. The van der Waals surface area contributed by atoms with Crippen molar-refractivity contribution < 1.29 is 9.90 Å². The van der Waals surface area contributed by atoms with Gasteiger partial charge >= 0.3 is 5.97 Å². The van der Waals surface area contributed by atoms with Gasteiger partial charge in [0.05, 0.1) is 10.7 Å². The lowest BCUT2D eigenvalue weighted by atomic mass is 10.2. The molecular formula is C12H11BrClN3O2. The maximum atomic E-state index is 11.0. The van der Waals surface area contributed by atoms with E-state index in [0.717, 1.165) is 4.47 Å². The number of carboxylic acid groups (broad SMARTS) is 1. The fourth-order valence-electron chi connectivity index (χ4n) is 1.62. The summed E-state index contributed by atoms with van der Waals surface area (Å²) < 4.78 is 2.31. The molecule has 0 aliphatic carbocycles. The maximum Gasteiger partial charge on any atom is 0.375 e. The van der Waals surface area contributed by atoms with Gasteiger partial charge in [0.15, 0.2) is 0 Å². The number of aromatic carboxylic acids is 1. The third kappa shape index (κ3) is 2.79. The van der Waals surface area contributed by atoms with Gasteiger partial charge in [-0.05, 0) is 18.2 Å². The molecule has 0 atom stereocenters. The van der Waals surface area contributed by atoms with Crippen LogP contribution in [0, 0.1) is 0 Å².